The van der Waals surface area contributed by atoms with Gasteiger partial charge in [-0.3, -0.25) is 5.32 Å². The maximum atomic E-state index is 12.3. The Morgan fingerprint density at radius 3 is 2.53 bits per heavy atom. The number of carbonyl (C=O) groups excluding carboxylic acids is 1. The standard InChI is InChI=1S/C15H20ClNO2/c1-4-11-17-15(5-2,14(18)19-6-3)12-7-9-13(16)10-8-12/h4,7-10,17H,1,5-6,11H2,2-3H3. The first-order valence-electron chi connectivity index (χ1n) is 6.40. The fourth-order valence-electron chi connectivity index (χ4n) is 2.00. The molecule has 104 valence electrons. The average molecular weight is 282 g/mol. The number of ether oxygens (including phenoxy) is 1. The minimum Gasteiger partial charge on any atom is -0.464 e. The van der Waals surface area contributed by atoms with Gasteiger partial charge in [-0.15, -0.1) is 6.58 Å². The number of esters is 1. The minimum absolute atomic E-state index is 0.276. The van der Waals surface area contributed by atoms with Crippen molar-refractivity contribution in [2.75, 3.05) is 13.2 Å². The normalized spacial score (nSPS) is 13.6. The highest BCUT2D eigenvalue weighted by atomic mass is 35.5. The Labute approximate surface area is 119 Å². The van der Waals surface area contributed by atoms with Gasteiger partial charge in [0.25, 0.3) is 0 Å². The molecule has 0 aromatic heterocycles. The molecule has 1 N–H and O–H groups in total. The van der Waals surface area contributed by atoms with Gasteiger partial charge in [-0.25, -0.2) is 4.79 Å². The molecule has 0 spiro atoms. The van der Waals surface area contributed by atoms with Crippen molar-refractivity contribution in [3.05, 3.63) is 47.5 Å². The molecule has 1 atom stereocenters. The first kappa shape index (κ1) is 15.7. The summed E-state index contributed by atoms with van der Waals surface area (Å²) in [5, 5.41) is 3.86. The third kappa shape index (κ3) is 3.58. The summed E-state index contributed by atoms with van der Waals surface area (Å²) in [6, 6.07) is 7.24. The van der Waals surface area contributed by atoms with Gasteiger partial charge in [0.2, 0.25) is 0 Å². The second kappa shape index (κ2) is 7.31. The van der Waals surface area contributed by atoms with Crippen molar-refractivity contribution in [1.29, 1.82) is 0 Å². The number of hydrogen-bond donors (Lipinski definition) is 1. The van der Waals surface area contributed by atoms with Gasteiger partial charge in [0.1, 0.15) is 5.54 Å². The lowest BCUT2D eigenvalue weighted by atomic mass is 9.87. The highest BCUT2D eigenvalue weighted by molar-refractivity contribution is 6.30. The van der Waals surface area contributed by atoms with E-state index in [1.165, 1.54) is 0 Å². The lowest BCUT2D eigenvalue weighted by Crippen LogP contribution is -2.49. The third-order valence-corrected chi connectivity index (χ3v) is 3.29. The van der Waals surface area contributed by atoms with Crippen LogP contribution in [0.4, 0.5) is 0 Å². The van der Waals surface area contributed by atoms with Gasteiger partial charge in [-0.2, -0.15) is 0 Å². The van der Waals surface area contributed by atoms with Crippen molar-refractivity contribution in [3.63, 3.8) is 0 Å². The van der Waals surface area contributed by atoms with Gasteiger partial charge in [0.15, 0.2) is 0 Å². The molecule has 0 radical (unpaired) electrons. The quantitative estimate of drug-likeness (QED) is 0.616. The first-order valence-corrected chi connectivity index (χ1v) is 6.77. The van der Waals surface area contributed by atoms with Crippen LogP contribution in [0.3, 0.4) is 0 Å². The Balaban J connectivity index is 3.18. The molecule has 0 bridgehead atoms. The summed E-state index contributed by atoms with van der Waals surface area (Å²) in [7, 11) is 0. The summed E-state index contributed by atoms with van der Waals surface area (Å²) >= 11 is 5.90. The minimum atomic E-state index is -0.852. The van der Waals surface area contributed by atoms with Gasteiger partial charge in [-0.05, 0) is 31.0 Å². The zero-order valence-corrected chi connectivity index (χ0v) is 12.2. The molecule has 1 aromatic rings. The number of halogens is 1. The molecule has 0 heterocycles. The summed E-state index contributed by atoms with van der Waals surface area (Å²) in [6.45, 7) is 8.29. The molecule has 0 saturated carbocycles. The Kier molecular flexibility index (Phi) is 6.06. The third-order valence-electron chi connectivity index (χ3n) is 3.04. The first-order chi connectivity index (χ1) is 9.10. The van der Waals surface area contributed by atoms with E-state index in [9.17, 15) is 4.79 Å². The van der Waals surface area contributed by atoms with Crippen LogP contribution < -0.4 is 5.32 Å². The van der Waals surface area contributed by atoms with Crippen molar-refractivity contribution in [2.45, 2.75) is 25.8 Å². The molecular formula is C15H20ClNO2. The molecule has 1 unspecified atom stereocenters. The Bertz CT molecular complexity index is 430. The molecule has 0 aliphatic carbocycles. The number of carbonyl (C=O) groups is 1. The Hall–Kier alpha value is -1.32. The molecule has 0 aliphatic rings. The zero-order valence-electron chi connectivity index (χ0n) is 11.4. The van der Waals surface area contributed by atoms with Gasteiger partial charge in [0.05, 0.1) is 6.61 Å². The maximum absolute atomic E-state index is 12.3. The van der Waals surface area contributed by atoms with Crippen LogP contribution >= 0.6 is 11.6 Å². The summed E-state index contributed by atoms with van der Waals surface area (Å²) in [5.41, 5.74) is -0.00545. The maximum Gasteiger partial charge on any atom is 0.330 e. The fourth-order valence-corrected chi connectivity index (χ4v) is 2.13. The van der Waals surface area contributed by atoms with Crippen molar-refractivity contribution < 1.29 is 9.53 Å². The van der Waals surface area contributed by atoms with Gasteiger partial charge < -0.3 is 4.74 Å². The largest absolute Gasteiger partial charge is 0.464 e. The average Bonchev–Trinajstić information content (AvgIpc) is 2.42. The van der Waals surface area contributed by atoms with E-state index in [2.05, 4.69) is 11.9 Å². The smallest absolute Gasteiger partial charge is 0.330 e. The van der Waals surface area contributed by atoms with Crippen LogP contribution in [-0.2, 0) is 15.1 Å². The van der Waals surface area contributed by atoms with E-state index in [4.69, 9.17) is 16.3 Å². The van der Waals surface area contributed by atoms with Crippen LogP contribution in [0.25, 0.3) is 0 Å². The van der Waals surface area contributed by atoms with Crippen LogP contribution in [0.5, 0.6) is 0 Å². The Morgan fingerprint density at radius 1 is 1.42 bits per heavy atom. The number of hydrogen-bond acceptors (Lipinski definition) is 3. The number of benzene rings is 1. The summed E-state index contributed by atoms with van der Waals surface area (Å²) in [6.07, 6.45) is 2.31. The zero-order chi connectivity index (χ0) is 14.3. The molecule has 0 saturated heterocycles. The van der Waals surface area contributed by atoms with E-state index in [-0.39, 0.29) is 5.97 Å². The predicted octanol–water partition coefficient (Wildman–Crippen LogP) is 3.28. The number of rotatable bonds is 7. The van der Waals surface area contributed by atoms with E-state index in [1.54, 1.807) is 25.1 Å². The van der Waals surface area contributed by atoms with Gasteiger partial charge >= 0.3 is 5.97 Å². The van der Waals surface area contributed by atoms with Crippen molar-refractivity contribution in [3.8, 4) is 0 Å². The van der Waals surface area contributed by atoms with Crippen molar-refractivity contribution in [1.82, 2.24) is 5.32 Å². The topological polar surface area (TPSA) is 38.3 Å². The van der Waals surface area contributed by atoms with Crippen LogP contribution in [0.2, 0.25) is 5.02 Å². The van der Waals surface area contributed by atoms with E-state index in [0.717, 1.165) is 5.56 Å². The van der Waals surface area contributed by atoms with Crippen molar-refractivity contribution in [2.24, 2.45) is 0 Å². The fraction of sp³-hybridized carbons (Fsp3) is 0.400. The van der Waals surface area contributed by atoms with Gasteiger partial charge in [-0.1, -0.05) is 36.7 Å². The molecule has 0 fully saturated rings. The molecule has 1 aromatic carbocycles. The SMILES string of the molecule is C=CCNC(CC)(C(=O)OCC)c1ccc(Cl)cc1. The molecule has 0 amide bonds. The monoisotopic (exact) mass is 281 g/mol. The number of nitrogens with one attached hydrogen (secondary N) is 1. The molecule has 19 heavy (non-hydrogen) atoms. The highest BCUT2D eigenvalue weighted by Gasteiger charge is 2.39. The second-order valence-electron chi connectivity index (χ2n) is 4.16. The van der Waals surface area contributed by atoms with E-state index < -0.39 is 5.54 Å². The highest BCUT2D eigenvalue weighted by Crippen LogP contribution is 2.28. The summed E-state index contributed by atoms with van der Waals surface area (Å²) in [5.74, 6) is -0.276. The van der Waals surface area contributed by atoms with E-state index in [1.807, 2.05) is 19.1 Å². The Morgan fingerprint density at radius 2 is 2.05 bits per heavy atom. The molecular weight excluding hydrogens is 262 g/mol. The second-order valence-corrected chi connectivity index (χ2v) is 4.59. The van der Waals surface area contributed by atoms with Crippen LogP contribution in [0.1, 0.15) is 25.8 Å². The van der Waals surface area contributed by atoms with Gasteiger partial charge in [0, 0.05) is 11.6 Å². The lowest BCUT2D eigenvalue weighted by Gasteiger charge is -2.31. The van der Waals surface area contributed by atoms with Crippen molar-refractivity contribution >= 4 is 17.6 Å². The lowest BCUT2D eigenvalue weighted by molar-refractivity contribution is -0.152. The van der Waals surface area contributed by atoms with Crippen LogP contribution in [0, 0.1) is 0 Å². The molecule has 0 aliphatic heterocycles. The summed E-state index contributed by atoms with van der Waals surface area (Å²) in [4.78, 5) is 12.3. The van der Waals surface area contributed by atoms with E-state index in [0.29, 0.717) is 24.6 Å². The molecule has 3 nitrogen and oxygen atoms in total. The van der Waals surface area contributed by atoms with E-state index >= 15 is 0 Å². The predicted molar refractivity (Wildman–Crippen MR) is 78.3 cm³/mol. The van der Waals surface area contributed by atoms with Crippen LogP contribution in [0.15, 0.2) is 36.9 Å². The summed E-state index contributed by atoms with van der Waals surface area (Å²) < 4.78 is 5.21. The molecule has 4 heteroatoms. The molecule has 1 rings (SSSR count). The van der Waals surface area contributed by atoms with Crippen LogP contribution in [-0.4, -0.2) is 19.1 Å².